The molecule has 18 heavy (non-hydrogen) atoms. The van der Waals surface area contributed by atoms with E-state index in [1.807, 2.05) is 6.07 Å². The molecule has 1 heterocycles. The monoisotopic (exact) mass is 246 g/mol. The maximum Gasteiger partial charge on any atom is 0.0417 e. The first-order valence-corrected chi connectivity index (χ1v) is 6.69. The minimum atomic E-state index is 0.857. The van der Waals surface area contributed by atoms with Crippen LogP contribution in [0.5, 0.6) is 0 Å². The molecule has 1 radical (unpaired) electrons. The molecular weight excluding hydrogens is 222 g/mol. The van der Waals surface area contributed by atoms with Gasteiger partial charge in [-0.1, -0.05) is 19.9 Å². The van der Waals surface area contributed by atoms with Crippen molar-refractivity contribution in [2.75, 3.05) is 43.4 Å². The Balaban J connectivity index is 1.99. The van der Waals surface area contributed by atoms with Crippen molar-refractivity contribution in [2.24, 2.45) is 0 Å². The molecule has 0 spiro atoms. The van der Waals surface area contributed by atoms with Crippen LogP contribution in [0.1, 0.15) is 19.4 Å². The van der Waals surface area contributed by atoms with Gasteiger partial charge >= 0.3 is 0 Å². The van der Waals surface area contributed by atoms with Crippen LogP contribution in [0.3, 0.4) is 0 Å². The van der Waals surface area contributed by atoms with Crippen LogP contribution in [0.15, 0.2) is 18.2 Å². The first-order chi connectivity index (χ1) is 8.56. The van der Waals surface area contributed by atoms with Gasteiger partial charge in [-0.25, -0.2) is 0 Å². The predicted molar refractivity (Wildman–Crippen MR) is 78.8 cm³/mol. The van der Waals surface area contributed by atoms with Crippen molar-refractivity contribution < 1.29 is 0 Å². The molecule has 1 saturated heterocycles. The zero-order chi connectivity index (χ0) is 13.1. The largest absolute Gasteiger partial charge is 0.399 e. The normalized spacial score (nSPS) is 17.4. The summed E-state index contributed by atoms with van der Waals surface area (Å²) in [5.41, 5.74) is 9.36. The molecule has 0 amide bonds. The van der Waals surface area contributed by atoms with Gasteiger partial charge in [0.2, 0.25) is 0 Å². The molecule has 2 N–H and O–H groups in total. The highest BCUT2D eigenvalue weighted by molar-refractivity contribution is 5.61. The molecular formula is C15H24N3. The summed E-state index contributed by atoms with van der Waals surface area (Å²) in [7, 11) is 0. The SMILES string of the molecule is C[C](C)CN1CCN(c2cc(N)ccc2C)CC1. The lowest BCUT2D eigenvalue weighted by atomic mass is 10.1. The minimum Gasteiger partial charge on any atom is -0.399 e. The Morgan fingerprint density at radius 3 is 2.44 bits per heavy atom. The summed E-state index contributed by atoms with van der Waals surface area (Å²) in [6, 6.07) is 6.19. The second kappa shape index (κ2) is 5.61. The van der Waals surface area contributed by atoms with Gasteiger partial charge in [-0.15, -0.1) is 0 Å². The molecule has 0 aliphatic carbocycles. The number of rotatable bonds is 3. The smallest absolute Gasteiger partial charge is 0.0417 e. The molecule has 1 aromatic carbocycles. The van der Waals surface area contributed by atoms with Crippen LogP contribution in [-0.2, 0) is 0 Å². The molecule has 1 aliphatic rings. The van der Waals surface area contributed by atoms with Crippen molar-refractivity contribution in [3.8, 4) is 0 Å². The van der Waals surface area contributed by atoms with Gasteiger partial charge in [0, 0.05) is 44.1 Å². The topological polar surface area (TPSA) is 32.5 Å². The van der Waals surface area contributed by atoms with E-state index < -0.39 is 0 Å². The second-order valence-electron chi connectivity index (χ2n) is 5.52. The quantitative estimate of drug-likeness (QED) is 0.831. The molecule has 99 valence electrons. The highest BCUT2D eigenvalue weighted by atomic mass is 15.3. The van der Waals surface area contributed by atoms with Crippen molar-refractivity contribution in [3.05, 3.63) is 29.7 Å². The van der Waals surface area contributed by atoms with Gasteiger partial charge in [0.05, 0.1) is 0 Å². The lowest BCUT2D eigenvalue weighted by Crippen LogP contribution is -2.47. The highest BCUT2D eigenvalue weighted by Crippen LogP contribution is 2.24. The number of nitrogen functional groups attached to an aromatic ring is 1. The molecule has 0 saturated carbocycles. The Morgan fingerprint density at radius 1 is 1.17 bits per heavy atom. The first-order valence-electron chi connectivity index (χ1n) is 6.69. The molecule has 3 nitrogen and oxygen atoms in total. The summed E-state index contributed by atoms with van der Waals surface area (Å²) in [6.07, 6.45) is 0. The molecule has 0 bridgehead atoms. The van der Waals surface area contributed by atoms with Gasteiger partial charge in [0.1, 0.15) is 0 Å². The fourth-order valence-corrected chi connectivity index (χ4v) is 2.56. The van der Waals surface area contributed by atoms with Crippen molar-refractivity contribution in [1.29, 1.82) is 0 Å². The lowest BCUT2D eigenvalue weighted by Gasteiger charge is -2.37. The summed E-state index contributed by atoms with van der Waals surface area (Å²) in [6.45, 7) is 12.2. The number of aryl methyl sites for hydroxylation is 1. The second-order valence-corrected chi connectivity index (χ2v) is 5.52. The van der Waals surface area contributed by atoms with E-state index in [2.05, 4.69) is 42.7 Å². The van der Waals surface area contributed by atoms with Gasteiger partial charge in [0.25, 0.3) is 0 Å². The van der Waals surface area contributed by atoms with Gasteiger partial charge in [0.15, 0.2) is 0 Å². The number of hydrogen-bond acceptors (Lipinski definition) is 3. The van der Waals surface area contributed by atoms with Crippen LogP contribution in [-0.4, -0.2) is 37.6 Å². The summed E-state index contributed by atoms with van der Waals surface area (Å²) in [5, 5.41) is 0. The molecule has 1 aromatic rings. The van der Waals surface area contributed by atoms with Crippen molar-refractivity contribution in [1.82, 2.24) is 4.90 Å². The summed E-state index contributed by atoms with van der Waals surface area (Å²) < 4.78 is 0. The van der Waals surface area contributed by atoms with Gasteiger partial charge in [-0.2, -0.15) is 0 Å². The van der Waals surface area contributed by atoms with E-state index in [-0.39, 0.29) is 0 Å². The van der Waals surface area contributed by atoms with Crippen molar-refractivity contribution in [3.63, 3.8) is 0 Å². The van der Waals surface area contributed by atoms with Crippen LogP contribution in [0.25, 0.3) is 0 Å². The number of nitrogens with zero attached hydrogens (tertiary/aromatic N) is 2. The third-order valence-electron chi connectivity index (χ3n) is 3.49. The molecule has 2 rings (SSSR count). The van der Waals surface area contributed by atoms with E-state index in [0.29, 0.717) is 0 Å². The average Bonchev–Trinajstić information content (AvgIpc) is 2.33. The van der Waals surface area contributed by atoms with Gasteiger partial charge < -0.3 is 10.6 Å². The van der Waals surface area contributed by atoms with E-state index in [1.165, 1.54) is 17.2 Å². The Morgan fingerprint density at radius 2 is 1.83 bits per heavy atom. The summed E-state index contributed by atoms with van der Waals surface area (Å²) in [5.74, 6) is 1.49. The van der Waals surface area contributed by atoms with Crippen LogP contribution in [0.4, 0.5) is 11.4 Å². The van der Waals surface area contributed by atoms with Crippen molar-refractivity contribution >= 4 is 11.4 Å². The Bertz CT molecular complexity index is 393. The number of anilines is 2. The lowest BCUT2D eigenvalue weighted by molar-refractivity contribution is 0.267. The maximum absolute atomic E-state index is 5.89. The molecule has 3 heteroatoms. The molecule has 0 unspecified atom stereocenters. The van der Waals surface area contributed by atoms with Crippen LogP contribution in [0.2, 0.25) is 0 Å². The number of nitrogens with two attached hydrogens (primary N) is 1. The van der Waals surface area contributed by atoms with E-state index in [0.717, 1.165) is 38.4 Å². The Labute approximate surface area is 111 Å². The fraction of sp³-hybridized carbons (Fsp3) is 0.533. The zero-order valence-electron chi connectivity index (χ0n) is 11.7. The Kier molecular flexibility index (Phi) is 4.12. The third kappa shape index (κ3) is 3.16. The van der Waals surface area contributed by atoms with Crippen LogP contribution >= 0.6 is 0 Å². The summed E-state index contributed by atoms with van der Waals surface area (Å²) in [4.78, 5) is 4.97. The van der Waals surface area contributed by atoms with E-state index >= 15 is 0 Å². The fourth-order valence-electron chi connectivity index (χ4n) is 2.56. The molecule has 1 aliphatic heterocycles. The predicted octanol–water partition coefficient (Wildman–Crippen LogP) is 2.31. The van der Waals surface area contributed by atoms with Crippen molar-refractivity contribution in [2.45, 2.75) is 20.8 Å². The molecule has 0 aromatic heterocycles. The summed E-state index contributed by atoms with van der Waals surface area (Å²) >= 11 is 0. The zero-order valence-corrected chi connectivity index (χ0v) is 11.7. The van der Waals surface area contributed by atoms with E-state index in [1.54, 1.807) is 0 Å². The van der Waals surface area contributed by atoms with E-state index in [9.17, 15) is 0 Å². The number of benzene rings is 1. The van der Waals surface area contributed by atoms with Gasteiger partial charge in [-0.3, -0.25) is 4.90 Å². The molecule has 0 atom stereocenters. The highest BCUT2D eigenvalue weighted by Gasteiger charge is 2.18. The van der Waals surface area contributed by atoms with Crippen LogP contribution < -0.4 is 10.6 Å². The molecule has 1 fully saturated rings. The number of hydrogen-bond donors (Lipinski definition) is 1. The minimum absolute atomic E-state index is 0.857. The third-order valence-corrected chi connectivity index (χ3v) is 3.49. The van der Waals surface area contributed by atoms with E-state index in [4.69, 9.17) is 5.73 Å². The average molecular weight is 246 g/mol. The maximum atomic E-state index is 5.89. The Hall–Kier alpha value is -1.22. The number of piperazine rings is 1. The van der Waals surface area contributed by atoms with Crippen LogP contribution in [0, 0.1) is 12.8 Å². The van der Waals surface area contributed by atoms with Gasteiger partial charge in [-0.05, 0) is 30.5 Å². The first kappa shape index (κ1) is 13.2. The standard InChI is InChI=1S/C15H24N3/c1-12(2)11-17-6-8-18(9-7-17)15-10-14(16)5-4-13(15)3/h4-5,10H,6-9,11,16H2,1-3H3.